The number of aromatic nitrogens is 6. The highest BCUT2D eigenvalue weighted by Gasteiger charge is 2.22. The number of amides is 1. The van der Waals surface area contributed by atoms with Crippen molar-refractivity contribution in [1.82, 2.24) is 29.8 Å². The highest BCUT2D eigenvalue weighted by Crippen LogP contribution is 2.27. The van der Waals surface area contributed by atoms with Gasteiger partial charge in [-0.2, -0.15) is 15.3 Å². The average Bonchev–Trinajstić information content (AvgIpc) is 3.35. The first-order chi connectivity index (χ1) is 13.4. The third-order valence-corrected chi connectivity index (χ3v) is 5.31. The zero-order chi connectivity index (χ0) is 19.8. The number of nitrogens with one attached hydrogen (secondary N) is 2. The maximum Gasteiger partial charge on any atom is 0.274 e. The van der Waals surface area contributed by atoms with Crippen molar-refractivity contribution in [3.8, 4) is 11.3 Å². The second-order valence-corrected chi connectivity index (χ2v) is 7.28. The van der Waals surface area contributed by atoms with Gasteiger partial charge in [0.05, 0.1) is 23.7 Å². The molecule has 0 saturated carbocycles. The van der Waals surface area contributed by atoms with E-state index in [1.807, 2.05) is 38.7 Å². The maximum atomic E-state index is 12.7. The molecule has 0 aromatic carbocycles. The molecule has 2 N–H and O–H groups in total. The van der Waals surface area contributed by atoms with Crippen LogP contribution >= 0.6 is 0 Å². The Morgan fingerprint density at radius 2 is 2.07 bits per heavy atom. The number of hydrogen-bond acceptors (Lipinski definition) is 5. The third-order valence-electron chi connectivity index (χ3n) is 5.31. The van der Waals surface area contributed by atoms with E-state index in [1.165, 1.54) is 0 Å². The molecule has 28 heavy (non-hydrogen) atoms. The fraction of sp³-hybridized carbons (Fsp3) is 0.474. The Kier molecular flexibility index (Phi) is 4.76. The van der Waals surface area contributed by atoms with Crippen molar-refractivity contribution in [1.29, 1.82) is 0 Å². The van der Waals surface area contributed by atoms with Gasteiger partial charge < -0.3 is 10.1 Å². The summed E-state index contributed by atoms with van der Waals surface area (Å²) in [5.41, 5.74) is 4.87. The predicted molar refractivity (Wildman–Crippen MR) is 104 cm³/mol. The molecule has 4 rings (SSSR count). The van der Waals surface area contributed by atoms with Gasteiger partial charge in [-0.15, -0.1) is 0 Å². The van der Waals surface area contributed by atoms with Gasteiger partial charge in [0, 0.05) is 43.9 Å². The van der Waals surface area contributed by atoms with Gasteiger partial charge in [0.2, 0.25) is 0 Å². The van der Waals surface area contributed by atoms with E-state index in [9.17, 15) is 4.79 Å². The van der Waals surface area contributed by atoms with Gasteiger partial charge in [0.15, 0.2) is 0 Å². The predicted octanol–water partition coefficient (Wildman–Crippen LogP) is 2.31. The van der Waals surface area contributed by atoms with Crippen molar-refractivity contribution in [2.45, 2.75) is 32.6 Å². The van der Waals surface area contributed by atoms with Crippen molar-refractivity contribution in [2.24, 2.45) is 14.1 Å². The lowest BCUT2D eigenvalue weighted by Gasteiger charge is -2.19. The lowest BCUT2D eigenvalue weighted by Crippen LogP contribution is -2.16. The van der Waals surface area contributed by atoms with E-state index < -0.39 is 0 Å². The maximum absolute atomic E-state index is 12.7. The SMILES string of the molecule is Cc1nn(C)c(C)c1-c1cc(C(=O)Nc2cc(C3CCCOC3)nn2C)[nH]n1. The van der Waals surface area contributed by atoms with Crippen molar-refractivity contribution in [2.75, 3.05) is 18.5 Å². The number of aromatic amines is 1. The van der Waals surface area contributed by atoms with Crippen molar-refractivity contribution >= 4 is 11.7 Å². The molecule has 1 saturated heterocycles. The summed E-state index contributed by atoms with van der Waals surface area (Å²) in [6.07, 6.45) is 2.09. The Morgan fingerprint density at radius 3 is 2.75 bits per heavy atom. The largest absolute Gasteiger partial charge is 0.381 e. The molecule has 1 atom stereocenters. The molecule has 0 radical (unpaired) electrons. The first-order valence-corrected chi connectivity index (χ1v) is 9.43. The van der Waals surface area contributed by atoms with Crippen LogP contribution in [0.2, 0.25) is 0 Å². The summed E-state index contributed by atoms with van der Waals surface area (Å²) < 4.78 is 9.04. The van der Waals surface area contributed by atoms with E-state index in [0.29, 0.717) is 23.8 Å². The van der Waals surface area contributed by atoms with Gasteiger partial charge in [-0.05, 0) is 32.8 Å². The van der Waals surface area contributed by atoms with Crippen LogP contribution in [-0.2, 0) is 18.8 Å². The first kappa shape index (κ1) is 18.4. The normalized spacial score (nSPS) is 17.1. The molecule has 0 aliphatic carbocycles. The van der Waals surface area contributed by atoms with E-state index in [1.54, 1.807) is 10.7 Å². The molecule has 1 aliphatic rings. The summed E-state index contributed by atoms with van der Waals surface area (Å²) in [6, 6.07) is 3.67. The van der Waals surface area contributed by atoms with E-state index in [-0.39, 0.29) is 11.8 Å². The van der Waals surface area contributed by atoms with Crippen LogP contribution in [0.1, 0.15) is 46.3 Å². The van der Waals surface area contributed by atoms with Crippen LogP contribution in [0.3, 0.4) is 0 Å². The van der Waals surface area contributed by atoms with Crippen LogP contribution in [0.5, 0.6) is 0 Å². The molecular formula is C19H25N7O2. The number of carbonyl (C=O) groups excluding carboxylic acids is 1. The minimum absolute atomic E-state index is 0.257. The molecule has 9 heteroatoms. The standard InChI is InChI=1S/C19H25N7O2/c1-11-18(12(2)25(3)23-11)15-8-16(22-21-15)19(27)20-17-9-14(24-26(17)4)13-6-5-7-28-10-13/h8-9,13H,5-7,10H2,1-4H3,(H,20,27)(H,21,22). The lowest BCUT2D eigenvalue weighted by atomic mass is 9.99. The Morgan fingerprint density at radius 1 is 1.25 bits per heavy atom. The van der Waals surface area contributed by atoms with Gasteiger partial charge >= 0.3 is 0 Å². The van der Waals surface area contributed by atoms with Gasteiger partial charge in [-0.1, -0.05) is 0 Å². The van der Waals surface area contributed by atoms with Crippen LogP contribution in [0, 0.1) is 13.8 Å². The Hall–Kier alpha value is -2.94. The second kappa shape index (κ2) is 7.23. The Balaban J connectivity index is 1.52. The topological polar surface area (TPSA) is 103 Å². The first-order valence-electron chi connectivity index (χ1n) is 9.43. The molecule has 0 bridgehead atoms. The van der Waals surface area contributed by atoms with Crippen LogP contribution in [0.4, 0.5) is 5.82 Å². The highest BCUT2D eigenvalue weighted by atomic mass is 16.5. The number of carbonyl (C=O) groups is 1. The molecule has 0 spiro atoms. The van der Waals surface area contributed by atoms with E-state index in [4.69, 9.17) is 4.74 Å². The minimum Gasteiger partial charge on any atom is -0.381 e. The lowest BCUT2D eigenvalue weighted by molar-refractivity contribution is 0.0791. The summed E-state index contributed by atoms with van der Waals surface area (Å²) in [7, 11) is 3.72. The van der Waals surface area contributed by atoms with Crippen LogP contribution < -0.4 is 5.32 Å². The Labute approximate surface area is 163 Å². The summed E-state index contributed by atoms with van der Waals surface area (Å²) in [4.78, 5) is 12.7. The van der Waals surface area contributed by atoms with Crippen LogP contribution in [0.25, 0.3) is 11.3 Å². The number of anilines is 1. The molecule has 1 aliphatic heterocycles. The van der Waals surface area contributed by atoms with E-state index in [2.05, 4.69) is 25.7 Å². The zero-order valence-electron chi connectivity index (χ0n) is 16.6. The summed E-state index contributed by atoms with van der Waals surface area (Å²) in [5, 5.41) is 19.0. The molecule has 1 amide bonds. The zero-order valence-corrected chi connectivity index (χ0v) is 16.6. The van der Waals surface area contributed by atoms with Gasteiger partial charge in [-0.25, -0.2) is 0 Å². The van der Waals surface area contributed by atoms with Gasteiger partial charge in [0.25, 0.3) is 5.91 Å². The molecule has 9 nitrogen and oxygen atoms in total. The fourth-order valence-electron chi connectivity index (χ4n) is 3.67. The molecule has 3 aromatic rings. The minimum atomic E-state index is -0.257. The monoisotopic (exact) mass is 383 g/mol. The number of rotatable bonds is 4. The van der Waals surface area contributed by atoms with E-state index >= 15 is 0 Å². The summed E-state index contributed by atoms with van der Waals surface area (Å²) >= 11 is 0. The highest BCUT2D eigenvalue weighted by molar-refractivity contribution is 6.03. The molecule has 148 valence electrons. The van der Waals surface area contributed by atoms with Crippen molar-refractivity contribution in [3.63, 3.8) is 0 Å². The third kappa shape index (κ3) is 3.33. The summed E-state index contributed by atoms with van der Waals surface area (Å²) in [6.45, 7) is 5.40. The van der Waals surface area contributed by atoms with E-state index in [0.717, 1.165) is 42.1 Å². The second-order valence-electron chi connectivity index (χ2n) is 7.28. The molecule has 1 fully saturated rings. The molecule has 1 unspecified atom stereocenters. The molecule has 3 aromatic heterocycles. The number of aryl methyl sites for hydroxylation is 3. The Bertz CT molecular complexity index is 1010. The van der Waals surface area contributed by atoms with Gasteiger partial charge in [0.1, 0.15) is 11.5 Å². The number of hydrogen-bond donors (Lipinski definition) is 2. The van der Waals surface area contributed by atoms with Crippen LogP contribution in [-0.4, -0.2) is 48.9 Å². The molecule has 4 heterocycles. The fourth-order valence-corrected chi connectivity index (χ4v) is 3.67. The van der Waals surface area contributed by atoms with Gasteiger partial charge in [-0.3, -0.25) is 19.3 Å². The molecular weight excluding hydrogens is 358 g/mol. The van der Waals surface area contributed by atoms with Crippen molar-refractivity contribution in [3.05, 3.63) is 34.9 Å². The number of nitrogens with zero attached hydrogens (tertiary/aromatic N) is 5. The summed E-state index contributed by atoms with van der Waals surface area (Å²) in [5.74, 6) is 0.670. The quantitative estimate of drug-likeness (QED) is 0.720. The van der Waals surface area contributed by atoms with Crippen LogP contribution in [0.15, 0.2) is 12.1 Å². The smallest absolute Gasteiger partial charge is 0.274 e. The number of H-pyrrole nitrogens is 1. The average molecular weight is 383 g/mol. The van der Waals surface area contributed by atoms with Crippen molar-refractivity contribution < 1.29 is 9.53 Å². The number of ether oxygens (including phenoxy) is 1.